The van der Waals surface area contributed by atoms with Crippen LogP contribution in [0.5, 0.6) is 0 Å². The molecule has 1 rings (SSSR count). The Balaban J connectivity index is 2.63. The highest BCUT2D eigenvalue weighted by Gasteiger charge is 2.02. The summed E-state index contributed by atoms with van der Waals surface area (Å²) in [6.07, 6.45) is 1.79. The zero-order valence-corrected chi connectivity index (χ0v) is 8.92. The van der Waals surface area contributed by atoms with E-state index < -0.39 is 0 Å². The van der Waals surface area contributed by atoms with Crippen LogP contribution in [0, 0.1) is 11.3 Å². The molecular weight excluding hydrogens is 212 g/mol. The first-order chi connectivity index (χ1) is 7.13. The second-order valence-electron chi connectivity index (χ2n) is 3.25. The van der Waals surface area contributed by atoms with Crippen molar-refractivity contribution in [1.29, 1.82) is 5.26 Å². The summed E-state index contributed by atoms with van der Waals surface area (Å²) in [6, 6.07) is 7.30. The maximum Gasteiger partial charge on any atom is 0.217 e. The fourth-order valence-electron chi connectivity index (χ4n) is 1.28. The predicted octanol–water partition coefficient (Wildman–Crippen LogP) is 2.02. The number of nitrogens with zero attached hydrogens (tertiary/aromatic N) is 1. The number of hydrogen-bond acceptors (Lipinski definition) is 2. The molecule has 0 aliphatic heterocycles. The SMILES string of the molecule is N#Cc1cc(CCCC(N)=O)ccc1Cl. The van der Waals surface area contributed by atoms with Crippen molar-refractivity contribution in [3.05, 3.63) is 34.3 Å². The van der Waals surface area contributed by atoms with E-state index in [1.54, 1.807) is 12.1 Å². The van der Waals surface area contributed by atoms with E-state index in [2.05, 4.69) is 0 Å². The average molecular weight is 223 g/mol. The van der Waals surface area contributed by atoms with Gasteiger partial charge in [0.25, 0.3) is 0 Å². The van der Waals surface area contributed by atoms with Crippen molar-refractivity contribution < 1.29 is 4.79 Å². The molecule has 1 aromatic rings. The van der Waals surface area contributed by atoms with Gasteiger partial charge in [0.05, 0.1) is 10.6 Å². The van der Waals surface area contributed by atoms with Crippen molar-refractivity contribution >= 4 is 17.5 Å². The fourth-order valence-corrected chi connectivity index (χ4v) is 1.44. The maximum absolute atomic E-state index is 10.5. The number of nitrogens with two attached hydrogens (primary N) is 1. The van der Waals surface area contributed by atoms with E-state index in [1.165, 1.54) is 0 Å². The molecule has 0 bridgehead atoms. The van der Waals surface area contributed by atoms with Gasteiger partial charge in [-0.2, -0.15) is 5.26 Å². The number of hydrogen-bond donors (Lipinski definition) is 1. The lowest BCUT2D eigenvalue weighted by Gasteiger charge is -2.01. The minimum absolute atomic E-state index is 0.301. The van der Waals surface area contributed by atoms with Crippen molar-refractivity contribution in [2.24, 2.45) is 5.73 Å². The number of amides is 1. The lowest BCUT2D eigenvalue weighted by atomic mass is 10.1. The average Bonchev–Trinajstić information content (AvgIpc) is 2.20. The number of aryl methyl sites for hydroxylation is 1. The van der Waals surface area contributed by atoms with Crippen molar-refractivity contribution in [3.63, 3.8) is 0 Å². The van der Waals surface area contributed by atoms with Gasteiger partial charge in [-0.1, -0.05) is 17.7 Å². The van der Waals surface area contributed by atoms with Gasteiger partial charge in [0, 0.05) is 6.42 Å². The van der Waals surface area contributed by atoms with Crippen LogP contribution in [0.15, 0.2) is 18.2 Å². The number of halogens is 1. The largest absolute Gasteiger partial charge is 0.370 e. The Hall–Kier alpha value is -1.53. The molecule has 0 radical (unpaired) electrons. The van der Waals surface area contributed by atoms with E-state index in [0.717, 1.165) is 12.0 Å². The first kappa shape index (κ1) is 11.5. The summed E-state index contributed by atoms with van der Waals surface area (Å²) in [5, 5.41) is 9.20. The van der Waals surface area contributed by atoms with Gasteiger partial charge in [-0.3, -0.25) is 4.79 Å². The van der Waals surface area contributed by atoms with Crippen molar-refractivity contribution in [2.75, 3.05) is 0 Å². The summed E-state index contributed by atoms with van der Waals surface area (Å²) in [5.74, 6) is -0.301. The second-order valence-corrected chi connectivity index (χ2v) is 3.65. The van der Waals surface area contributed by atoms with Gasteiger partial charge in [0.1, 0.15) is 6.07 Å². The second kappa shape index (κ2) is 5.38. The highest BCUT2D eigenvalue weighted by atomic mass is 35.5. The summed E-state index contributed by atoms with van der Waals surface area (Å²) in [5.41, 5.74) is 6.49. The number of nitriles is 1. The molecule has 0 saturated carbocycles. The van der Waals surface area contributed by atoms with Crippen molar-refractivity contribution in [3.8, 4) is 6.07 Å². The third-order valence-electron chi connectivity index (χ3n) is 2.04. The summed E-state index contributed by atoms with van der Waals surface area (Å²) >= 11 is 5.78. The van der Waals surface area contributed by atoms with Gasteiger partial charge >= 0.3 is 0 Å². The molecule has 4 heteroatoms. The normalized spacial score (nSPS) is 9.60. The van der Waals surface area contributed by atoms with Crippen molar-refractivity contribution in [1.82, 2.24) is 0 Å². The van der Waals surface area contributed by atoms with Gasteiger partial charge in [0.2, 0.25) is 5.91 Å². The number of primary amides is 1. The molecule has 0 unspecified atom stereocenters. The smallest absolute Gasteiger partial charge is 0.217 e. The number of rotatable bonds is 4. The molecule has 0 atom stereocenters. The van der Waals surface area contributed by atoms with E-state index in [0.29, 0.717) is 23.4 Å². The van der Waals surface area contributed by atoms with Crippen molar-refractivity contribution in [2.45, 2.75) is 19.3 Å². The highest BCUT2D eigenvalue weighted by molar-refractivity contribution is 6.31. The Morgan fingerprint density at radius 1 is 1.53 bits per heavy atom. The Bertz CT molecular complexity index is 410. The molecule has 0 aromatic heterocycles. The zero-order chi connectivity index (χ0) is 11.3. The van der Waals surface area contributed by atoms with Gasteiger partial charge in [-0.15, -0.1) is 0 Å². The zero-order valence-electron chi connectivity index (χ0n) is 8.16. The van der Waals surface area contributed by atoms with Gasteiger partial charge in [-0.25, -0.2) is 0 Å². The van der Waals surface area contributed by atoms with Gasteiger partial charge < -0.3 is 5.73 Å². The third-order valence-corrected chi connectivity index (χ3v) is 2.37. The van der Waals surface area contributed by atoms with E-state index in [9.17, 15) is 4.79 Å². The molecule has 3 nitrogen and oxygen atoms in total. The Morgan fingerprint density at radius 2 is 2.27 bits per heavy atom. The number of carbonyl (C=O) groups excluding carboxylic acids is 1. The number of carbonyl (C=O) groups is 1. The molecule has 0 heterocycles. The molecule has 0 saturated heterocycles. The fraction of sp³-hybridized carbons (Fsp3) is 0.273. The van der Waals surface area contributed by atoms with Crippen LogP contribution in [0.25, 0.3) is 0 Å². The topological polar surface area (TPSA) is 66.9 Å². The number of benzene rings is 1. The molecule has 0 fully saturated rings. The molecule has 78 valence electrons. The third kappa shape index (κ3) is 3.61. The minimum Gasteiger partial charge on any atom is -0.370 e. The molecule has 0 aliphatic carbocycles. The summed E-state index contributed by atoms with van der Waals surface area (Å²) in [4.78, 5) is 10.5. The Kier molecular flexibility index (Phi) is 4.14. The van der Waals surface area contributed by atoms with Crippen LogP contribution in [0.3, 0.4) is 0 Å². The standard InChI is InChI=1S/C11H11ClN2O/c12-10-5-4-8(6-9(10)7-13)2-1-3-11(14)15/h4-6H,1-3H2,(H2,14,15). The lowest BCUT2D eigenvalue weighted by molar-refractivity contribution is -0.118. The molecule has 1 aromatic carbocycles. The van der Waals surface area contributed by atoms with Crippen LogP contribution in [0.4, 0.5) is 0 Å². The van der Waals surface area contributed by atoms with Crippen LogP contribution in [-0.4, -0.2) is 5.91 Å². The van der Waals surface area contributed by atoms with Crippen LogP contribution in [-0.2, 0) is 11.2 Å². The van der Waals surface area contributed by atoms with Crippen LogP contribution >= 0.6 is 11.6 Å². The monoisotopic (exact) mass is 222 g/mol. The lowest BCUT2D eigenvalue weighted by Crippen LogP contribution is -2.10. The van der Waals surface area contributed by atoms with E-state index in [4.69, 9.17) is 22.6 Å². The first-order valence-corrected chi connectivity index (χ1v) is 4.98. The highest BCUT2D eigenvalue weighted by Crippen LogP contribution is 2.17. The predicted molar refractivity (Wildman–Crippen MR) is 58.3 cm³/mol. The van der Waals surface area contributed by atoms with E-state index in [1.807, 2.05) is 12.1 Å². The summed E-state index contributed by atoms with van der Waals surface area (Å²) < 4.78 is 0. The molecule has 0 aliphatic rings. The van der Waals surface area contributed by atoms with Crippen LogP contribution in [0.2, 0.25) is 5.02 Å². The quantitative estimate of drug-likeness (QED) is 0.847. The van der Waals surface area contributed by atoms with Gasteiger partial charge in [-0.05, 0) is 30.5 Å². The van der Waals surface area contributed by atoms with Crippen LogP contribution < -0.4 is 5.73 Å². The minimum atomic E-state index is -0.301. The van der Waals surface area contributed by atoms with Gasteiger partial charge in [0.15, 0.2) is 0 Å². The molecule has 15 heavy (non-hydrogen) atoms. The molecular formula is C11H11ClN2O. The first-order valence-electron chi connectivity index (χ1n) is 4.60. The molecule has 1 amide bonds. The summed E-state index contributed by atoms with van der Waals surface area (Å²) in [7, 11) is 0. The van der Waals surface area contributed by atoms with E-state index in [-0.39, 0.29) is 5.91 Å². The maximum atomic E-state index is 10.5. The van der Waals surface area contributed by atoms with Crippen LogP contribution in [0.1, 0.15) is 24.0 Å². The van der Waals surface area contributed by atoms with E-state index >= 15 is 0 Å². The molecule has 0 spiro atoms. The summed E-state index contributed by atoms with van der Waals surface area (Å²) in [6.45, 7) is 0. The Labute approximate surface area is 93.5 Å². The molecule has 2 N–H and O–H groups in total. The Morgan fingerprint density at radius 3 is 2.87 bits per heavy atom.